The van der Waals surface area contributed by atoms with Crippen LogP contribution in [0.5, 0.6) is 0 Å². The van der Waals surface area contributed by atoms with Crippen molar-refractivity contribution in [2.75, 3.05) is 38.1 Å². The Kier molecular flexibility index (Phi) is 3.68. The van der Waals surface area contributed by atoms with Crippen molar-refractivity contribution >= 4 is 23.4 Å². The van der Waals surface area contributed by atoms with E-state index in [-0.39, 0.29) is 6.03 Å². The van der Waals surface area contributed by atoms with Gasteiger partial charge in [0, 0.05) is 39.4 Å². The van der Waals surface area contributed by atoms with Crippen LogP contribution >= 0.6 is 11.6 Å². The zero-order chi connectivity index (χ0) is 12.3. The third-order valence-electron chi connectivity index (χ3n) is 2.82. The molecule has 6 heteroatoms. The average Bonchev–Trinajstić information content (AvgIpc) is 2.39. The van der Waals surface area contributed by atoms with Gasteiger partial charge in [0.2, 0.25) is 0 Å². The van der Waals surface area contributed by atoms with E-state index in [2.05, 4.69) is 15.2 Å². The largest absolute Gasteiger partial charge is 0.353 e. The first-order chi connectivity index (χ1) is 8.20. The van der Waals surface area contributed by atoms with Crippen LogP contribution in [0.1, 0.15) is 0 Å². The normalized spacial score (nSPS) is 15.9. The van der Waals surface area contributed by atoms with E-state index in [0.29, 0.717) is 18.1 Å². The first kappa shape index (κ1) is 12.0. The number of amides is 2. The third kappa shape index (κ3) is 2.79. The zero-order valence-corrected chi connectivity index (χ0v) is 10.4. The van der Waals surface area contributed by atoms with E-state index < -0.39 is 0 Å². The van der Waals surface area contributed by atoms with Gasteiger partial charge in [0.05, 0.1) is 5.02 Å². The highest BCUT2D eigenvalue weighted by atomic mass is 35.5. The maximum Gasteiger partial charge on any atom is 0.317 e. The van der Waals surface area contributed by atoms with E-state index in [0.717, 1.165) is 18.9 Å². The minimum atomic E-state index is -0.0197. The number of carbonyl (C=O) groups is 1. The molecule has 1 saturated heterocycles. The second-order valence-corrected chi connectivity index (χ2v) is 4.30. The smallest absolute Gasteiger partial charge is 0.317 e. The third-order valence-corrected chi connectivity index (χ3v) is 3.04. The van der Waals surface area contributed by atoms with Crippen molar-refractivity contribution in [1.29, 1.82) is 0 Å². The standard InChI is InChI=1S/C11H15ClN4O/c1-13-11(17)16-6-4-15(5-7-16)10-3-2-9(12)8-14-10/h2-3,8H,4-7H2,1H3,(H,13,17). The molecule has 0 atom stereocenters. The van der Waals surface area contributed by atoms with E-state index in [9.17, 15) is 4.79 Å². The molecule has 0 unspecified atom stereocenters. The van der Waals surface area contributed by atoms with E-state index in [1.165, 1.54) is 0 Å². The highest BCUT2D eigenvalue weighted by Gasteiger charge is 2.20. The summed E-state index contributed by atoms with van der Waals surface area (Å²) < 4.78 is 0. The molecule has 2 heterocycles. The number of halogens is 1. The maximum absolute atomic E-state index is 11.4. The fraction of sp³-hybridized carbons (Fsp3) is 0.455. The zero-order valence-electron chi connectivity index (χ0n) is 9.69. The van der Waals surface area contributed by atoms with Crippen molar-refractivity contribution in [3.63, 3.8) is 0 Å². The number of pyridine rings is 1. The number of aromatic nitrogens is 1. The Hall–Kier alpha value is -1.49. The van der Waals surface area contributed by atoms with Gasteiger partial charge in [-0.3, -0.25) is 0 Å². The number of nitrogens with one attached hydrogen (secondary N) is 1. The monoisotopic (exact) mass is 254 g/mol. The Morgan fingerprint density at radius 3 is 2.59 bits per heavy atom. The summed E-state index contributed by atoms with van der Waals surface area (Å²) in [6.45, 7) is 3.01. The van der Waals surface area contributed by atoms with Crippen LogP contribution < -0.4 is 10.2 Å². The molecule has 1 N–H and O–H groups in total. The molecule has 1 fully saturated rings. The summed E-state index contributed by atoms with van der Waals surface area (Å²) in [4.78, 5) is 19.6. The predicted octanol–water partition coefficient (Wildman–Crippen LogP) is 1.20. The SMILES string of the molecule is CNC(=O)N1CCN(c2ccc(Cl)cn2)CC1. The number of piperazine rings is 1. The van der Waals surface area contributed by atoms with Crippen molar-refractivity contribution in [2.45, 2.75) is 0 Å². The van der Waals surface area contributed by atoms with Crippen LogP contribution in [0.25, 0.3) is 0 Å². The number of hydrogen-bond donors (Lipinski definition) is 1. The molecular formula is C11H15ClN4O. The quantitative estimate of drug-likeness (QED) is 0.819. The summed E-state index contributed by atoms with van der Waals surface area (Å²) in [6.07, 6.45) is 1.64. The molecule has 1 aliphatic heterocycles. The second-order valence-electron chi connectivity index (χ2n) is 3.86. The fourth-order valence-corrected chi connectivity index (χ4v) is 1.96. The molecule has 0 aromatic carbocycles. The number of nitrogens with zero attached hydrogens (tertiary/aromatic N) is 3. The lowest BCUT2D eigenvalue weighted by Crippen LogP contribution is -2.51. The van der Waals surface area contributed by atoms with Crippen LogP contribution in [0.15, 0.2) is 18.3 Å². The van der Waals surface area contributed by atoms with Crippen molar-refractivity contribution < 1.29 is 4.79 Å². The molecule has 1 aliphatic rings. The van der Waals surface area contributed by atoms with Gasteiger partial charge < -0.3 is 15.1 Å². The van der Waals surface area contributed by atoms with Gasteiger partial charge in [-0.05, 0) is 12.1 Å². The first-order valence-electron chi connectivity index (χ1n) is 5.54. The van der Waals surface area contributed by atoms with Crippen LogP contribution in [0.2, 0.25) is 5.02 Å². The van der Waals surface area contributed by atoms with Crippen LogP contribution in [0.3, 0.4) is 0 Å². The fourth-order valence-electron chi connectivity index (χ4n) is 1.85. The molecule has 0 spiro atoms. The van der Waals surface area contributed by atoms with Crippen molar-refractivity contribution in [2.24, 2.45) is 0 Å². The van der Waals surface area contributed by atoms with Crippen molar-refractivity contribution in [1.82, 2.24) is 15.2 Å². The second kappa shape index (κ2) is 5.23. The van der Waals surface area contributed by atoms with Crippen molar-refractivity contribution in [3.8, 4) is 0 Å². The molecule has 0 aliphatic carbocycles. The van der Waals surface area contributed by atoms with E-state index in [1.54, 1.807) is 18.1 Å². The summed E-state index contributed by atoms with van der Waals surface area (Å²) in [6, 6.07) is 3.71. The summed E-state index contributed by atoms with van der Waals surface area (Å²) in [7, 11) is 1.65. The number of carbonyl (C=O) groups excluding carboxylic acids is 1. The van der Waals surface area contributed by atoms with E-state index >= 15 is 0 Å². The lowest BCUT2D eigenvalue weighted by Gasteiger charge is -2.35. The maximum atomic E-state index is 11.4. The Bertz CT molecular complexity index is 387. The molecule has 1 aromatic heterocycles. The first-order valence-corrected chi connectivity index (χ1v) is 5.91. The van der Waals surface area contributed by atoms with Gasteiger partial charge in [0.25, 0.3) is 0 Å². The van der Waals surface area contributed by atoms with Gasteiger partial charge in [-0.2, -0.15) is 0 Å². The van der Waals surface area contributed by atoms with Gasteiger partial charge in [-0.25, -0.2) is 9.78 Å². The number of rotatable bonds is 1. The number of anilines is 1. The number of urea groups is 1. The minimum Gasteiger partial charge on any atom is -0.353 e. The van der Waals surface area contributed by atoms with Gasteiger partial charge >= 0.3 is 6.03 Å². The topological polar surface area (TPSA) is 48.5 Å². The van der Waals surface area contributed by atoms with Gasteiger partial charge in [0.15, 0.2) is 0 Å². The molecule has 2 amide bonds. The molecule has 92 valence electrons. The van der Waals surface area contributed by atoms with Crippen LogP contribution in [0.4, 0.5) is 10.6 Å². The highest BCUT2D eigenvalue weighted by Crippen LogP contribution is 2.15. The Balaban J connectivity index is 1.95. The van der Waals surface area contributed by atoms with Crippen LogP contribution in [-0.4, -0.2) is 49.1 Å². The molecule has 17 heavy (non-hydrogen) atoms. The molecule has 1 aromatic rings. The van der Waals surface area contributed by atoms with E-state index in [1.807, 2.05) is 12.1 Å². The van der Waals surface area contributed by atoms with Crippen molar-refractivity contribution in [3.05, 3.63) is 23.4 Å². The Morgan fingerprint density at radius 2 is 2.06 bits per heavy atom. The predicted molar refractivity (Wildman–Crippen MR) is 67.5 cm³/mol. The molecule has 0 bridgehead atoms. The summed E-state index contributed by atoms with van der Waals surface area (Å²) in [5.41, 5.74) is 0. The van der Waals surface area contributed by atoms with Gasteiger partial charge in [0.1, 0.15) is 5.82 Å². The van der Waals surface area contributed by atoms with E-state index in [4.69, 9.17) is 11.6 Å². The highest BCUT2D eigenvalue weighted by molar-refractivity contribution is 6.30. The van der Waals surface area contributed by atoms with Crippen LogP contribution in [-0.2, 0) is 0 Å². The minimum absolute atomic E-state index is 0.0197. The van der Waals surface area contributed by atoms with Gasteiger partial charge in [-0.15, -0.1) is 0 Å². The molecule has 0 radical (unpaired) electrons. The molecule has 0 saturated carbocycles. The average molecular weight is 255 g/mol. The Morgan fingerprint density at radius 1 is 1.35 bits per heavy atom. The van der Waals surface area contributed by atoms with Crippen LogP contribution in [0, 0.1) is 0 Å². The molecule has 2 rings (SSSR count). The summed E-state index contributed by atoms with van der Waals surface area (Å²) in [5, 5.41) is 3.27. The lowest BCUT2D eigenvalue weighted by atomic mass is 10.3. The summed E-state index contributed by atoms with van der Waals surface area (Å²) >= 11 is 5.79. The summed E-state index contributed by atoms with van der Waals surface area (Å²) in [5.74, 6) is 0.908. The Labute approximate surface area is 105 Å². The van der Waals surface area contributed by atoms with Gasteiger partial charge in [-0.1, -0.05) is 11.6 Å². The lowest BCUT2D eigenvalue weighted by molar-refractivity contribution is 0.196. The number of hydrogen-bond acceptors (Lipinski definition) is 3. The molecule has 5 nitrogen and oxygen atoms in total. The molecular weight excluding hydrogens is 240 g/mol.